The Morgan fingerprint density at radius 1 is 1.38 bits per heavy atom. The summed E-state index contributed by atoms with van der Waals surface area (Å²) in [5, 5.41) is 9.81. The molecule has 142 valence electrons. The van der Waals surface area contributed by atoms with Gasteiger partial charge in [-0.3, -0.25) is 4.55 Å². The summed E-state index contributed by atoms with van der Waals surface area (Å²) in [7, 11) is -0.708. The fraction of sp³-hybridized carbons (Fsp3) is 0.667. The Balaban J connectivity index is 1.82. The molecule has 1 saturated heterocycles. The molecule has 26 heavy (non-hydrogen) atoms. The van der Waals surface area contributed by atoms with Crippen molar-refractivity contribution in [3.63, 3.8) is 0 Å². The van der Waals surface area contributed by atoms with Gasteiger partial charge in [0, 0.05) is 22.9 Å². The molecule has 0 radical (unpaired) electrons. The minimum atomic E-state index is -4.29. The van der Waals surface area contributed by atoms with Crippen molar-refractivity contribution in [3.05, 3.63) is 23.3 Å². The number of ether oxygens (including phenoxy) is 2. The van der Waals surface area contributed by atoms with Gasteiger partial charge in [-0.25, -0.2) is 0 Å². The second kappa shape index (κ2) is 5.13. The summed E-state index contributed by atoms with van der Waals surface area (Å²) in [6, 6.07) is 3.89. The number of aliphatic hydroxyl groups excluding tert-OH is 1. The van der Waals surface area contributed by atoms with Gasteiger partial charge in [-0.15, -0.1) is 0 Å². The lowest BCUT2D eigenvalue weighted by Gasteiger charge is -2.60. The minimum absolute atomic E-state index is 0.00804. The molecule has 5 rings (SSSR count). The van der Waals surface area contributed by atoms with Crippen LogP contribution in [0.1, 0.15) is 24.0 Å². The summed E-state index contributed by atoms with van der Waals surface area (Å²) in [6.07, 6.45) is -0.0809. The van der Waals surface area contributed by atoms with Gasteiger partial charge in [-0.05, 0) is 44.5 Å². The molecule has 6 atom stereocenters. The number of methoxy groups -OCH3 is 1. The minimum Gasteiger partial charge on any atom is -0.493 e. The molecule has 4 aliphatic rings. The van der Waals surface area contributed by atoms with Gasteiger partial charge in [0.05, 0.1) is 18.5 Å². The molecule has 2 N–H and O–H groups in total. The van der Waals surface area contributed by atoms with Gasteiger partial charge in [-0.1, -0.05) is 6.07 Å². The zero-order chi connectivity index (χ0) is 18.4. The molecule has 1 saturated carbocycles. The van der Waals surface area contributed by atoms with Crippen LogP contribution in [0.4, 0.5) is 0 Å². The van der Waals surface area contributed by atoms with Gasteiger partial charge in [0.25, 0.3) is 10.1 Å². The molecule has 1 unspecified atom stereocenters. The summed E-state index contributed by atoms with van der Waals surface area (Å²) in [4.78, 5) is 2.19. The fourth-order valence-corrected chi connectivity index (χ4v) is 7.43. The Labute approximate surface area is 152 Å². The van der Waals surface area contributed by atoms with Gasteiger partial charge in [-0.2, -0.15) is 8.42 Å². The van der Waals surface area contributed by atoms with E-state index in [4.69, 9.17) is 9.47 Å². The number of hydrogen-bond donors (Lipinski definition) is 2. The summed E-state index contributed by atoms with van der Waals surface area (Å²) < 4.78 is 46.2. The maximum atomic E-state index is 12.2. The molecule has 2 aliphatic heterocycles. The lowest BCUT2D eigenvalue weighted by atomic mass is 9.51. The topological polar surface area (TPSA) is 96.3 Å². The Morgan fingerprint density at radius 3 is 2.85 bits per heavy atom. The number of aliphatic hydroxyl groups is 1. The lowest BCUT2D eigenvalue weighted by molar-refractivity contribution is -0.0979. The van der Waals surface area contributed by atoms with Gasteiger partial charge in [0.1, 0.15) is 6.10 Å². The molecular formula is C18H23NO6S. The van der Waals surface area contributed by atoms with Crippen molar-refractivity contribution >= 4 is 10.1 Å². The van der Waals surface area contributed by atoms with Crippen LogP contribution >= 0.6 is 0 Å². The van der Waals surface area contributed by atoms with E-state index in [1.54, 1.807) is 7.11 Å². The Bertz CT molecular complexity index is 886. The highest BCUT2D eigenvalue weighted by molar-refractivity contribution is 7.86. The van der Waals surface area contributed by atoms with E-state index >= 15 is 0 Å². The zero-order valence-corrected chi connectivity index (χ0v) is 15.6. The Kier molecular flexibility index (Phi) is 3.31. The highest BCUT2D eigenvalue weighted by Gasteiger charge is 2.69. The van der Waals surface area contributed by atoms with Crippen LogP contribution < -0.4 is 9.47 Å². The number of benzene rings is 1. The van der Waals surface area contributed by atoms with E-state index in [1.807, 2.05) is 19.2 Å². The van der Waals surface area contributed by atoms with Crippen LogP contribution in [-0.4, -0.2) is 67.2 Å². The molecule has 0 aromatic heterocycles. The van der Waals surface area contributed by atoms with Crippen molar-refractivity contribution in [1.29, 1.82) is 0 Å². The van der Waals surface area contributed by atoms with E-state index in [0.717, 1.165) is 17.7 Å². The second-order valence-corrected chi connectivity index (χ2v) is 9.73. The van der Waals surface area contributed by atoms with E-state index in [2.05, 4.69) is 4.90 Å². The largest absolute Gasteiger partial charge is 0.493 e. The van der Waals surface area contributed by atoms with Crippen LogP contribution in [0.25, 0.3) is 0 Å². The first-order chi connectivity index (χ1) is 12.3. The van der Waals surface area contributed by atoms with Crippen LogP contribution in [0, 0.1) is 5.92 Å². The van der Waals surface area contributed by atoms with Crippen LogP contribution in [-0.2, 0) is 22.0 Å². The summed E-state index contributed by atoms with van der Waals surface area (Å²) in [5.74, 6) is 0.933. The SMILES string of the molecule is COc1ccc2c3c1O[C@H]1[C@@H](O)CC(S(=O)(=O)O)[C@H]4[C@@H](C2)N(C)CC[C@]314. The molecule has 8 heteroatoms. The molecule has 1 aromatic rings. The number of rotatable bonds is 2. The zero-order valence-electron chi connectivity index (χ0n) is 14.8. The molecular weight excluding hydrogens is 358 g/mol. The van der Waals surface area contributed by atoms with Crippen molar-refractivity contribution in [2.45, 2.75) is 48.2 Å². The lowest BCUT2D eigenvalue weighted by Crippen LogP contribution is -2.71. The van der Waals surface area contributed by atoms with Crippen LogP contribution in [0.5, 0.6) is 11.5 Å². The molecule has 2 bridgehead atoms. The first kappa shape index (κ1) is 16.8. The molecule has 2 heterocycles. The summed E-state index contributed by atoms with van der Waals surface area (Å²) >= 11 is 0. The number of likely N-dealkylation sites (tertiary alicyclic amines) is 1. The summed E-state index contributed by atoms with van der Waals surface area (Å²) in [6.45, 7) is 0.794. The summed E-state index contributed by atoms with van der Waals surface area (Å²) in [5.41, 5.74) is 1.51. The van der Waals surface area contributed by atoms with Crippen LogP contribution in [0.3, 0.4) is 0 Å². The van der Waals surface area contributed by atoms with E-state index < -0.39 is 33.0 Å². The molecule has 2 aliphatic carbocycles. The Hall–Kier alpha value is -1.35. The standard InChI is InChI=1S/C18H23NO6S/c1-19-6-5-18-14-9-3-4-12(24-2)16(14)25-17(18)11(20)8-13(26(21,22)23)15(18)10(19)7-9/h3-4,10-11,13,15,17,20H,5-8H2,1-2H3,(H,21,22,23)/t10-,11+,13?,15-,17+,18-/m1/s1. The van der Waals surface area contributed by atoms with Crippen LogP contribution in [0.2, 0.25) is 0 Å². The normalized spacial score (nSPS) is 40.7. The highest BCUT2D eigenvalue weighted by atomic mass is 32.2. The van der Waals surface area contributed by atoms with Gasteiger partial charge in [0.2, 0.25) is 0 Å². The smallest absolute Gasteiger partial charge is 0.268 e. The number of nitrogens with zero attached hydrogens (tertiary/aromatic N) is 1. The predicted molar refractivity (Wildman–Crippen MR) is 93.3 cm³/mol. The average molecular weight is 381 g/mol. The maximum Gasteiger partial charge on any atom is 0.268 e. The first-order valence-corrected chi connectivity index (χ1v) is 10.5. The third-order valence-electron chi connectivity index (χ3n) is 7.13. The molecule has 1 spiro atoms. The van der Waals surface area contributed by atoms with E-state index in [9.17, 15) is 18.1 Å². The quantitative estimate of drug-likeness (QED) is 0.724. The van der Waals surface area contributed by atoms with Crippen molar-refractivity contribution in [2.24, 2.45) is 5.92 Å². The number of hydrogen-bond acceptors (Lipinski definition) is 6. The van der Waals surface area contributed by atoms with E-state index in [-0.39, 0.29) is 18.4 Å². The number of piperidine rings is 1. The highest BCUT2D eigenvalue weighted by Crippen LogP contribution is 2.64. The number of likely N-dealkylation sites (N-methyl/N-ethyl adjacent to an activating group) is 1. The van der Waals surface area contributed by atoms with Gasteiger partial charge in [0.15, 0.2) is 11.5 Å². The van der Waals surface area contributed by atoms with E-state index in [1.165, 1.54) is 0 Å². The third-order valence-corrected chi connectivity index (χ3v) is 8.39. The fourth-order valence-electron chi connectivity index (χ4n) is 6.20. The van der Waals surface area contributed by atoms with Crippen molar-refractivity contribution in [2.75, 3.05) is 20.7 Å². The average Bonchev–Trinajstić information content (AvgIpc) is 2.93. The van der Waals surface area contributed by atoms with Gasteiger partial charge >= 0.3 is 0 Å². The van der Waals surface area contributed by atoms with Crippen molar-refractivity contribution < 1.29 is 27.6 Å². The molecule has 2 fully saturated rings. The maximum absolute atomic E-state index is 12.2. The van der Waals surface area contributed by atoms with Crippen LogP contribution in [0.15, 0.2) is 12.1 Å². The van der Waals surface area contributed by atoms with Crippen molar-refractivity contribution in [3.8, 4) is 11.5 Å². The first-order valence-electron chi connectivity index (χ1n) is 9.00. The molecule has 0 amide bonds. The van der Waals surface area contributed by atoms with Gasteiger partial charge < -0.3 is 19.5 Å². The predicted octanol–water partition coefficient (Wildman–Crippen LogP) is 0.591. The van der Waals surface area contributed by atoms with E-state index in [0.29, 0.717) is 24.3 Å². The Morgan fingerprint density at radius 2 is 2.15 bits per heavy atom. The van der Waals surface area contributed by atoms with Crippen molar-refractivity contribution in [1.82, 2.24) is 4.90 Å². The monoisotopic (exact) mass is 381 g/mol. The molecule has 1 aromatic carbocycles. The second-order valence-electron chi connectivity index (χ2n) is 8.09. The third kappa shape index (κ3) is 1.86. The molecule has 7 nitrogen and oxygen atoms in total.